The maximum Gasteiger partial charge on any atom is 0.0126 e. The molecule has 0 radical (unpaired) electrons. The fourth-order valence-corrected chi connectivity index (χ4v) is 2.92. The van der Waals surface area contributed by atoms with Crippen LogP contribution < -0.4 is 0 Å². The highest BCUT2D eigenvalue weighted by atomic mass is 15.3. The van der Waals surface area contributed by atoms with Gasteiger partial charge >= 0.3 is 0 Å². The summed E-state index contributed by atoms with van der Waals surface area (Å²) in [6, 6.07) is 0.919. The monoisotopic (exact) mass is 210 g/mol. The lowest BCUT2D eigenvalue weighted by atomic mass is 9.80. The zero-order valence-electron chi connectivity index (χ0n) is 10.8. The highest BCUT2D eigenvalue weighted by Crippen LogP contribution is 2.32. The maximum absolute atomic E-state index is 2.71. The van der Waals surface area contributed by atoms with Crippen LogP contribution in [0.25, 0.3) is 0 Å². The maximum atomic E-state index is 2.71. The summed E-state index contributed by atoms with van der Waals surface area (Å²) >= 11 is 0. The lowest BCUT2D eigenvalue weighted by molar-refractivity contribution is 0.00798. The normalized spacial score (nSPS) is 35.2. The summed E-state index contributed by atoms with van der Waals surface area (Å²) < 4.78 is 0. The fourth-order valence-electron chi connectivity index (χ4n) is 2.92. The smallest absolute Gasteiger partial charge is 0.0126 e. The molecule has 1 aliphatic heterocycles. The molecule has 88 valence electrons. The summed E-state index contributed by atoms with van der Waals surface area (Å²) in [4.78, 5) is 5.33. The molecule has 0 aromatic carbocycles. The predicted octanol–water partition coefficient (Wildman–Crippen LogP) is 2.20. The highest BCUT2D eigenvalue weighted by molar-refractivity contribution is 4.89. The Balaban J connectivity index is 1.77. The molecule has 1 aliphatic carbocycles. The van der Waals surface area contributed by atoms with E-state index in [1.54, 1.807) is 0 Å². The lowest BCUT2D eigenvalue weighted by Crippen LogP contribution is -2.57. The van der Waals surface area contributed by atoms with E-state index in [1.807, 2.05) is 0 Å². The van der Waals surface area contributed by atoms with Crippen LogP contribution in [0, 0.1) is 5.92 Å². The molecule has 1 heterocycles. The van der Waals surface area contributed by atoms with Gasteiger partial charge in [-0.05, 0) is 39.5 Å². The van der Waals surface area contributed by atoms with Gasteiger partial charge in [0.25, 0.3) is 0 Å². The van der Waals surface area contributed by atoms with Crippen LogP contribution >= 0.6 is 0 Å². The number of hydrogen-bond donors (Lipinski definition) is 0. The van der Waals surface area contributed by atoms with Crippen molar-refractivity contribution < 1.29 is 0 Å². The molecule has 15 heavy (non-hydrogen) atoms. The molecule has 2 fully saturated rings. The second kappa shape index (κ2) is 4.06. The minimum absolute atomic E-state index is 0.360. The van der Waals surface area contributed by atoms with E-state index < -0.39 is 0 Å². The van der Waals surface area contributed by atoms with Gasteiger partial charge in [-0.2, -0.15) is 0 Å². The van der Waals surface area contributed by atoms with Crippen LogP contribution in [-0.4, -0.2) is 47.6 Å². The minimum Gasteiger partial charge on any atom is -0.298 e. The minimum atomic E-state index is 0.360. The van der Waals surface area contributed by atoms with Gasteiger partial charge in [0.05, 0.1) is 0 Å². The van der Waals surface area contributed by atoms with E-state index in [-0.39, 0.29) is 0 Å². The predicted molar refractivity (Wildman–Crippen MR) is 65.1 cm³/mol. The summed E-state index contributed by atoms with van der Waals surface area (Å²) in [5.74, 6) is 0.982. The van der Waals surface area contributed by atoms with Crippen molar-refractivity contribution in [2.75, 3.05) is 26.2 Å². The first kappa shape index (κ1) is 11.4. The van der Waals surface area contributed by atoms with Gasteiger partial charge in [-0.3, -0.25) is 9.80 Å². The van der Waals surface area contributed by atoms with Crippen molar-refractivity contribution in [2.45, 2.75) is 52.1 Å². The van der Waals surface area contributed by atoms with Crippen molar-refractivity contribution in [3.63, 3.8) is 0 Å². The van der Waals surface area contributed by atoms with Crippen molar-refractivity contribution >= 4 is 0 Å². The van der Waals surface area contributed by atoms with Crippen LogP contribution in [0.4, 0.5) is 0 Å². The van der Waals surface area contributed by atoms with E-state index in [0.717, 1.165) is 12.0 Å². The van der Waals surface area contributed by atoms with Crippen molar-refractivity contribution in [1.82, 2.24) is 9.80 Å². The summed E-state index contributed by atoms with van der Waals surface area (Å²) in [5.41, 5.74) is 0.360. The third-order valence-electron chi connectivity index (χ3n) is 4.13. The first-order valence-corrected chi connectivity index (χ1v) is 6.46. The summed E-state index contributed by atoms with van der Waals surface area (Å²) in [6.45, 7) is 14.4. The van der Waals surface area contributed by atoms with E-state index in [1.165, 1.54) is 39.0 Å². The molecule has 0 aromatic rings. The molecule has 1 saturated carbocycles. The van der Waals surface area contributed by atoms with Gasteiger partial charge in [0, 0.05) is 37.8 Å². The number of piperazine rings is 1. The van der Waals surface area contributed by atoms with Crippen LogP contribution in [0.15, 0.2) is 0 Å². The third kappa shape index (κ3) is 2.54. The van der Waals surface area contributed by atoms with E-state index >= 15 is 0 Å². The Morgan fingerprint density at radius 3 is 1.87 bits per heavy atom. The summed E-state index contributed by atoms with van der Waals surface area (Å²) in [5, 5.41) is 0. The molecule has 0 aromatic heterocycles. The first-order valence-electron chi connectivity index (χ1n) is 6.46. The third-order valence-corrected chi connectivity index (χ3v) is 4.13. The largest absolute Gasteiger partial charge is 0.298 e. The van der Waals surface area contributed by atoms with Gasteiger partial charge in [-0.15, -0.1) is 0 Å². The molecule has 2 heteroatoms. The van der Waals surface area contributed by atoms with Gasteiger partial charge in [0.2, 0.25) is 0 Å². The molecule has 0 unspecified atom stereocenters. The standard InChI is InChI=1S/C13H26N2/c1-11-9-12(10-11)14-5-7-15(8-6-14)13(2,3)4/h11-12H,5-10H2,1-4H3. The van der Waals surface area contributed by atoms with Crippen molar-refractivity contribution in [3.05, 3.63) is 0 Å². The Morgan fingerprint density at radius 1 is 0.933 bits per heavy atom. The van der Waals surface area contributed by atoms with E-state index in [0.29, 0.717) is 5.54 Å². The molecule has 2 nitrogen and oxygen atoms in total. The molecule has 2 aliphatic rings. The van der Waals surface area contributed by atoms with Crippen molar-refractivity contribution in [1.29, 1.82) is 0 Å². The Kier molecular flexibility index (Phi) is 3.09. The average molecular weight is 210 g/mol. The van der Waals surface area contributed by atoms with Crippen LogP contribution in [0.5, 0.6) is 0 Å². The molecule has 0 atom stereocenters. The van der Waals surface area contributed by atoms with E-state index in [9.17, 15) is 0 Å². The lowest BCUT2D eigenvalue weighted by Gasteiger charge is -2.48. The average Bonchev–Trinajstić information content (AvgIpc) is 2.12. The van der Waals surface area contributed by atoms with Gasteiger partial charge in [0.1, 0.15) is 0 Å². The molecule has 2 rings (SSSR count). The number of rotatable bonds is 1. The molecule has 0 amide bonds. The molecular formula is C13H26N2. The van der Waals surface area contributed by atoms with E-state index in [2.05, 4.69) is 37.5 Å². The number of nitrogens with zero attached hydrogens (tertiary/aromatic N) is 2. The van der Waals surface area contributed by atoms with Gasteiger partial charge in [-0.1, -0.05) is 6.92 Å². The Morgan fingerprint density at radius 2 is 1.47 bits per heavy atom. The molecule has 0 N–H and O–H groups in total. The molecule has 0 spiro atoms. The molecule has 0 bridgehead atoms. The van der Waals surface area contributed by atoms with E-state index in [4.69, 9.17) is 0 Å². The topological polar surface area (TPSA) is 6.48 Å². The zero-order valence-corrected chi connectivity index (χ0v) is 10.8. The number of hydrogen-bond acceptors (Lipinski definition) is 2. The molecular weight excluding hydrogens is 184 g/mol. The summed E-state index contributed by atoms with van der Waals surface area (Å²) in [7, 11) is 0. The van der Waals surface area contributed by atoms with Gasteiger partial charge in [-0.25, -0.2) is 0 Å². The van der Waals surface area contributed by atoms with Crippen LogP contribution in [0.1, 0.15) is 40.5 Å². The fraction of sp³-hybridized carbons (Fsp3) is 1.00. The zero-order chi connectivity index (χ0) is 11.1. The van der Waals surface area contributed by atoms with Gasteiger partial charge < -0.3 is 0 Å². The second-order valence-corrected chi connectivity index (χ2v) is 6.42. The van der Waals surface area contributed by atoms with Crippen molar-refractivity contribution in [2.24, 2.45) is 5.92 Å². The van der Waals surface area contributed by atoms with Crippen LogP contribution in [-0.2, 0) is 0 Å². The van der Waals surface area contributed by atoms with Crippen molar-refractivity contribution in [3.8, 4) is 0 Å². The first-order chi connectivity index (χ1) is 6.97. The quantitative estimate of drug-likeness (QED) is 0.654. The van der Waals surface area contributed by atoms with Crippen LogP contribution in [0.3, 0.4) is 0 Å². The molecule has 1 saturated heterocycles. The second-order valence-electron chi connectivity index (χ2n) is 6.42. The Bertz CT molecular complexity index is 205. The van der Waals surface area contributed by atoms with Crippen LogP contribution in [0.2, 0.25) is 0 Å². The Labute approximate surface area is 94.6 Å². The Hall–Kier alpha value is -0.0800. The highest BCUT2D eigenvalue weighted by Gasteiger charge is 2.34. The summed E-state index contributed by atoms with van der Waals surface area (Å²) in [6.07, 6.45) is 2.88. The van der Waals surface area contributed by atoms with Gasteiger partial charge in [0.15, 0.2) is 0 Å². The SMILES string of the molecule is CC1CC(N2CCN(C(C)(C)C)CC2)C1.